The number of hydrogen-bond donors (Lipinski definition) is 2. The fourth-order valence-electron chi connectivity index (χ4n) is 2.66. The summed E-state index contributed by atoms with van der Waals surface area (Å²) >= 11 is 5.81. The van der Waals surface area contributed by atoms with Gasteiger partial charge in [-0.2, -0.15) is 0 Å². The fourth-order valence-corrected chi connectivity index (χ4v) is 2.77. The highest BCUT2D eigenvalue weighted by molar-refractivity contribution is 14.0. The number of fused-ring (bicyclic) bond motifs is 1. The Kier molecular flexibility index (Phi) is 8.87. The number of pyridine rings is 1. The Hall–Kier alpha value is -1.80. The first kappa shape index (κ1) is 21.5. The Morgan fingerprint density at radius 2 is 2.00 bits per heavy atom. The number of aliphatic imine (C=N–C) groups is 1. The summed E-state index contributed by atoms with van der Waals surface area (Å²) in [6.07, 6.45) is 3.43. The Bertz CT molecular complexity index is 831. The molecule has 144 valence electrons. The van der Waals surface area contributed by atoms with Gasteiger partial charge >= 0.3 is 0 Å². The van der Waals surface area contributed by atoms with Gasteiger partial charge in [0.1, 0.15) is 16.5 Å². The van der Waals surface area contributed by atoms with Gasteiger partial charge in [-0.3, -0.25) is 4.99 Å². The number of aromatic nitrogens is 1. The van der Waals surface area contributed by atoms with Gasteiger partial charge in [0.15, 0.2) is 5.96 Å². The predicted octanol–water partition coefficient (Wildman–Crippen LogP) is 4.44. The third-order valence-electron chi connectivity index (χ3n) is 3.94. The third kappa shape index (κ3) is 6.70. The van der Waals surface area contributed by atoms with Crippen LogP contribution in [-0.4, -0.2) is 30.6 Å². The first-order chi connectivity index (χ1) is 12.7. The van der Waals surface area contributed by atoms with Crippen LogP contribution in [0.1, 0.15) is 18.2 Å². The van der Waals surface area contributed by atoms with Crippen LogP contribution in [0.3, 0.4) is 0 Å². The Balaban J connectivity index is 0.00000261. The van der Waals surface area contributed by atoms with Crippen LogP contribution >= 0.6 is 35.6 Å². The van der Waals surface area contributed by atoms with Crippen LogP contribution in [0.25, 0.3) is 11.0 Å². The van der Waals surface area contributed by atoms with Gasteiger partial charge in [0.2, 0.25) is 0 Å². The molecule has 7 heteroatoms. The van der Waals surface area contributed by atoms with E-state index in [4.69, 9.17) is 16.0 Å². The minimum Gasteiger partial charge on any atom is -0.461 e. The molecule has 0 saturated heterocycles. The highest BCUT2D eigenvalue weighted by Crippen LogP contribution is 2.18. The lowest BCUT2D eigenvalue weighted by molar-refractivity contribution is 0.550. The second-order valence-electron chi connectivity index (χ2n) is 5.93. The third-order valence-corrected chi connectivity index (χ3v) is 4.17. The number of benzene rings is 1. The molecule has 0 aliphatic rings. The second kappa shape index (κ2) is 11.1. The van der Waals surface area contributed by atoms with Crippen molar-refractivity contribution in [2.45, 2.75) is 19.8 Å². The summed E-state index contributed by atoms with van der Waals surface area (Å²) in [5, 5.41) is 8.25. The second-order valence-corrected chi connectivity index (χ2v) is 6.31. The Labute approximate surface area is 181 Å². The number of nitrogens with zero attached hydrogens (tertiary/aromatic N) is 2. The van der Waals surface area contributed by atoms with E-state index in [2.05, 4.69) is 39.7 Å². The summed E-state index contributed by atoms with van der Waals surface area (Å²) in [5.74, 6) is 1.77. The van der Waals surface area contributed by atoms with E-state index in [0.717, 1.165) is 54.2 Å². The molecule has 0 aliphatic heterocycles. The molecule has 0 fully saturated rings. The van der Waals surface area contributed by atoms with Crippen LogP contribution in [0, 0.1) is 0 Å². The van der Waals surface area contributed by atoms with E-state index in [1.165, 1.54) is 0 Å². The molecule has 0 bridgehead atoms. The highest BCUT2D eigenvalue weighted by Gasteiger charge is 2.03. The topological polar surface area (TPSA) is 62.5 Å². The van der Waals surface area contributed by atoms with Gasteiger partial charge in [-0.1, -0.05) is 35.9 Å². The number of para-hydroxylation sites is 1. The molecule has 2 aromatic heterocycles. The van der Waals surface area contributed by atoms with Crippen molar-refractivity contribution >= 4 is 52.5 Å². The molecular formula is C20H24ClIN4O. The maximum absolute atomic E-state index is 5.83. The standard InChI is InChI=1S/C20H23ClN4O.HI/c1-2-22-20(23-11-9-15-7-8-19(21)25-14-15)24-12-10-17-13-16-5-3-4-6-18(16)26-17;/h3-8,13-14H,2,9-12H2,1H3,(H2,22,23,24);1H. The fraction of sp³-hybridized carbons (Fsp3) is 0.300. The summed E-state index contributed by atoms with van der Waals surface area (Å²) in [5.41, 5.74) is 2.06. The highest BCUT2D eigenvalue weighted by atomic mass is 127. The molecule has 0 atom stereocenters. The number of hydrogen-bond acceptors (Lipinski definition) is 3. The molecule has 0 aliphatic carbocycles. The van der Waals surface area contributed by atoms with E-state index >= 15 is 0 Å². The van der Waals surface area contributed by atoms with Gasteiger partial charge in [0.05, 0.1) is 0 Å². The number of rotatable bonds is 7. The van der Waals surface area contributed by atoms with Crippen molar-refractivity contribution in [2.75, 3.05) is 19.6 Å². The molecule has 0 amide bonds. The van der Waals surface area contributed by atoms with Crippen molar-refractivity contribution in [1.82, 2.24) is 15.6 Å². The molecule has 1 aromatic carbocycles. The average Bonchev–Trinajstić information content (AvgIpc) is 3.06. The quantitative estimate of drug-likeness (QED) is 0.219. The number of furan rings is 1. The van der Waals surface area contributed by atoms with Crippen molar-refractivity contribution in [3.63, 3.8) is 0 Å². The van der Waals surface area contributed by atoms with Gasteiger partial charge in [-0.25, -0.2) is 4.98 Å². The van der Waals surface area contributed by atoms with Gasteiger partial charge in [0.25, 0.3) is 0 Å². The molecule has 3 rings (SSSR count). The first-order valence-corrected chi connectivity index (χ1v) is 9.22. The lowest BCUT2D eigenvalue weighted by atomic mass is 10.2. The predicted molar refractivity (Wildman–Crippen MR) is 122 cm³/mol. The van der Waals surface area contributed by atoms with E-state index in [1.807, 2.05) is 30.3 Å². The van der Waals surface area contributed by atoms with Gasteiger partial charge in [0, 0.05) is 37.6 Å². The van der Waals surface area contributed by atoms with Crippen molar-refractivity contribution in [2.24, 2.45) is 4.99 Å². The van der Waals surface area contributed by atoms with Crippen LogP contribution in [-0.2, 0) is 12.8 Å². The van der Waals surface area contributed by atoms with E-state index in [0.29, 0.717) is 11.7 Å². The summed E-state index contributed by atoms with van der Waals surface area (Å²) in [6.45, 7) is 4.32. The van der Waals surface area contributed by atoms with Crippen LogP contribution in [0.15, 0.2) is 58.1 Å². The van der Waals surface area contributed by atoms with Crippen LogP contribution < -0.4 is 10.6 Å². The van der Waals surface area contributed by atoms with E-state index in [9.17, 15) is 0 Å². The molecule has 3 aromatic rings. The zero-order valence-corrected chi connectivity index (χ0v) is 18.3. The summed E-state index contributed by atoms with van der Waals surface area (Å²) < 4.78 is 5.83. The smallest absolute Gasteiger partial charge is 0.191 e. The van der Waals surface area contributed by atoms with Crippen molar-refractivity contribution in [1.29, 1.82) is 0 Å². The number of halogens is 2. The Morgan fingerprint density at radius 3 is 2.74 bits per heavy atom. The molecule has 0 unspecified atom stereocenters. The van der Waals surface area contributed by atoms with E-state index in [-0.39, 0.29) is 24.0 Å². The van der Waals surface area contributed by atoms with E-state index in [1.54, 1.807) is 6.20 Å². The van der Waals surface area contributed by atoms with Gasteiger partial charge in [-0.05, 0) is 37.1 Å². The molecular weight excluding hydrogens is 475 g/mol. The van der Waals surface area contributed by atoms with Gasteiger partial charge in [-0.15, -0.1) is 24.0 Å². The maximum atomic E-state index is 5.83. The summed E-state index contributed by atoms with van der Waals surface area (Å²) in [7, 11) is 0. The molecule has 0 radical (unpaired) electrons. The zero-order chi connectivity index (χ0) is 18.2. The molecule has 27 heavy (non-hydrogen) atoms. The minimum atomic E-state index is 0. The molecule has 2 heterocycles. The van der Waals surface area contributed by atoms with Crippen LogP contribution in [0.2, 0.25) is 5.15 Å². The molecule has 5 nitrogen and oxygen atoms in total. The SMILES string of the molecule is CCNC(=NCCc1cc2ccccc2o1)NCCc1ccc(Cl)nc1.I. The van der Waals surface area contributed by atoms with Crippen LogP contribution in [0.5, 0.6) is 0 Å². The van der Waals surface area contributed by atoms with Crippen LogP contribution in [0.4, 0.5) is 0 Å². The zero-order valence-electron chi connectivity index (χ0n) is 15.2. The monoisotopic (exact) mass is 498 g/mol. The van der Waals surface area contributed by atoms with Crippen molar-refractivity contribution in [3.8, 4) is 0 Å². The average molecular weight is 499 g/mol. The maximum Gasteiger partial charge on any atom is 0.191 e. The summed E-state index contributed by atoms with van der Waals surface area (Å²) in [4.78, 5) is 8.72. The largest absolute Gasteiger partial charge is 0.461 e. The molecule has 0 saturated carbocycles. The minimum absolute atomic E-state index is 0. The lowest BCUT2D eigenvalue weighted by Crippen LogP contribution is -2.38. The number of nitrogens with one attached hydrogen (secondary N) is 2. The van der Waals surface area contributed by atoms with Crippen molar-refractivity contribution < 1.29 is 4.42 Å². The van der Waals surface area contributed by atoms with Crippen molar-refractivity contribution in [3.05, 3.63) is 65.1 Å². The first-order valence-electron chi connectivity index (χ1n) is 8.84. The number of guanidine groups is 1. The Morgan fingerprint density at radius 1 is 1.15 bits per heavy atom. The molecule has 2 N–H and O–H groups in total. The van der Waals surface area contributed by atoms with E-state index < -0.39 is 0 Å². The summed E-state index contributed by atoms with van der Waals surface area (Å²) in [6, 6.07) is 13.9. The molecule has 0 spiro atoms. The lowest BCUT2D eigenvalue weighted by Gasteiger charge is -2.11. The normalized spacial score (nSPS) is 11.3. The van der Waals surface area contributed by atoms with Gasteiger partial charge < -0.3 is 15.1 Å².